The zero-order chi connectivity index (χ0) is 14.7. The second-order valence-electron chi connectivity index (χ2n) is 7.29. The van der Waals surface area contributed by atoms with E-state index < -0.39 is 0 Å². The molecule has 0 spiro atoms. The molecule has 1 saturated carbocycles. The van der Waals surface area contributed by atoms with Crippen molar-refractivity contribution in [3.8, 4) is 0 Å². The highest BCUT2D eigenvalue weighted by Gasteiger charge is 2.26. The van der Waals surface area contributed by atoms with Crippen molar-refractivity contribution in [2.24, 2.45) is 17.8 Å². The van der Waals surface area contributed by atoms with E-state index in [1.807, 2.05) is 0 Å². The minimum Gasteiger partial charge on any atom is -0.339 e. The number of piperidine rings is 1. The highest BCUT2D eigenvalue weighted by Crippen LogP contribution is 2.34. The fraction of sp³-hybridized carbons (Fsp3) is 0.882. The van der Waals surface area contributed by atoms with E-state index in [9.17, 15) is 0 Å². The Balaban J connectivity index is 1.54. The summed E-state index contributed by atoms with van der Waals surface area (Å²) in [6, 6.07) is 0. The Morgan fingerprint density at radius 3 is 2.76 bits per heavy atom. The Morgan fingerprint density at radius 1 is 1.24 bits per heavy atom. The Hall–Kier alpha value is -0.900. The molecule has 1 aromatic heterocycles. The van der Waals surface area contributed by atoms with Gasteiger partial charge in [0.05, 0.1) is 0 Å². The molecule has 1 N–H and O–H groups in total. The Labute approximate surface area is 128 Å². The summed E-state index contributed by atoms with van der Waals surface area (Å²) in [4.78, 5) is 4.70. The van der Waals surface area contributed by atoms with Crippen LogP contribution in [0.25, 0.3) is 0 Å². The van der Waals surface area contributed by atoms with Gasteiger partial charge in [0.1, 0.15) is 0 Å². The first kappa shape index (κ1) is 15.0. The van der Waals surface area contributed by atoms with Gasteiger partial charge in [0.15, 0.2) is 5.82 Å². The van der Waals surface area contributed by atoms with E-state index in [4.69, 9.17) is 9.51 Å². The predicted octanol–water partition coefficient (Wildman–Crippen LogP) is 3.54. The van der Waals surface area contributed by atoms with E-state index in [1.165, 1.54) is 45.1 Å². The molecule has 0 amide bonds. The summed E-state index contributed by atoms with van der Waals surface area (Å²) in [7, 11) is 0. The van der Waals surface area contributed by atoms with Crippen molar-refractivity contribution in [2.75, 3.05) is 13.1 Å². The van der Waals surface area contributed by atoms with Gasteiger partial charge >= 0.3 is 0 Å². The molecule has 4 heteroatoms. The number of hydrogen-bond donors (Lipinski definition) is 1. The second-order valence-corrected chi connectivity index (χ2v) is 7.29. The number of nitrogens with one attached hydrogen (secondary N) is 1. The third-order valence-corrected chi connectivity index (χ3v) is 5.50. The Kier molecular flexibility index (Phi) is 4.94. The van der Waals surface area contributed by atoms with Crippen molar-refractivity contribution in [3.63, 3.8) is 0 Å². The molecule has 1 saturated heterocycles. The van der Waals surface area contributed by atoms with Crippen LogP contribution in [0.1, 0.15) is 70.0 Å². The topological polar surface area (TPSA) is 51.0 Å². The van der Waals surface area contributed by atoms with E-state index in [1.54, 1.807) is 0 Å². The van der Waals surface area contributed by atoms with Crippen molar-refractivity contribution in [1.82, 2.24) is 15.5 Å². The van der Waals surface area contributed by atoms with Gasteiger partial charge in [0.25, 0.3) is 0 Å². The van der Waals surface area contributed by atoms with E-state index in [0.717, 1.165) is 36.5 Å². The SMILES string of the molecule is CC1CCC(c2noc(CC(C)C3CCCNC3)n2)CC1. The lowest BCUT2D eigenvalue weighted by Gasteiger charge is -2.27. The normalized spacial score (nSPS) is 32.0. The lowest BCUT2D eigenvalue weighted by atomic mass is 9.82. The standard InChI is InChI=1S/C17H29N3O/c1-12-5-7-14(8-6-12)17-19-16(21-20-17)10-13(2)15-4-3-9-18-11-15/h12-15,18H,3-11H2,1-2H3. The first-order valence-corrected chi connectivity index (χ1v) is 8.75. The molecular formula is C17H29N3O. The third-order valence-electron chi connectivity index (χ3n) is 5.50. The monoisotopic (exact) mass is 291 g/mol. The molecule has 0 aromatic carbocycles. The van der Waals surface area contributed by atoms with Crippen molar-refractivity contribution < 1.29 is 4.52 Å². The van der Waals surface area contributed by atoms with Gasteiger partial charge in [0.2, 0.25) is 5.89 Å². The van der Waals surface area contributed by atoms with Crippen LogP contribution in [0.4, 0.5) is 0 Å². The van der Waals surface area contributed by atoms with Gasteiger partial charge in [-0.25, -0.2) is 0 Å². The molecule has 2 aliphatic rings. The van der Waals surface area contributed by atoms with Crippen LogP contribution >= 0.6 is 0 Å². The fourth-order valence-electron chi connectivity index (χ4n) is 3.84. The van der Waals surface area contributed by atoms with Crippen LogP contribution in [-0.4, -0.2) is 23.2 Å². The van der Waals surface area contributed by atoms with E-state index >= 15 is 0 Å². The number of hydrogen-bond acceptors (Lipinski definition) is 4. The molecule has 1 aliphatic heterocycles. The minimum absolute atomic E-state index is 0.533. The lowest BCUT2D eigenvalue weighted by Crippen LogP contribution is -2.33. The summed E-state index contributed by atoms with van der Waals surface area (Å²) in [5.74, 6) is 4.59. The van der Waals surface area contributed by atoms with Crippen molar-refractivity contribution in [3.05, 3.63) is 11.7 Å². The Morgan fingerprint density at radius 2 is 2.05 bits per heavy atom. The molecule has 0 radical (unpaired) electrons. The summed E-state index contributed by atoms with van der Waals surface area (Å²) < 4.78 is 5.52. The molecule has 118 valence electrons. The molecule has 1 aliphatic carbocycles. The molecular weight excluding hydrogens is 262 g/mol. The summed E-state index contributed by atoms with van der Waals surface area (Å²) in [5.41, 5.74) is 0. The van der Waals surface area contributed by atoms with Gasteiger partial charge in [-0.15, -0.1) is 0 Å². The minimum atomic E-state index is 0.533. The van der Waals surface area contributed by atoms with Crippen molar-refractivity contribution in [2.45, 2.75) is 64.7 Å². The van der Waals surface area contributed by atoms with Gasteiger partial charge in [-0.1, -0.05) is 31.8 Å². The molecule has 2 fully saturated rings. The molecule has 4 nitrogen and oxygen atoms in total. The average molecular weight is 291 g/mol. The third kappa shape index (κ3) is 3.85. The smallest absolute Gasteiger partial charge is 0.226 e. The van der Waals surface area contributed by atoms with Crippen LogP contribution in [0.15, 0.2) is 4.52 Å². The maximum atomic E-state index is 5.52. The summed E-state index contributed by atoms with van der Waals surface area (Å²) in [6.07, 6.45) is 8.62. The second kappa shape index (κ2) is 6.91. The van der Waals surface area contributed by atoms with E-state index in [2.05, 4.69) is 24.3 Å². The van der Waals surface area contributed by atoms with Gasteiger partial charge in [-0.05, 0) is 56.5 Å². The molecule has 2 atom stereocenters. The molecule has 3 rings (SSSR count). The van der Waals surface area contributed by atoms with Gasteiger partial charge < -0.3 is 9.84 Å². The zero-order valence-electron chi connectivity index (χ0n) is 13.5. The zero-order valence-corrected chi connectivity index (χ0v) is 13.5. The molecule has 2 unspecified atom stereocenters. The first-order chi connectivity index (χ1) is 10.2. The van der Waals surface area contributed by atoms with E-state index in [-0.39, 0.29) is 0 Å². The average Bonchev–Trinajstić information content (AvgIpc) is 2.97. The quantitative estimate of drug-likeness (QED) is 0.922. The molecule has 2 heterocycles. The fourth-order valence-corrected chi connectivity index (χ4v) is 3.84. The maximum absolute atomic E-state index is 5.52. The Bertz CT molecular complexity index is 431. The summed E-state index contributed by atoms with van der Waals surface area (Å²) >= 11 is 0. The van der Waals surface area contributed by atoms with Crippen molar-refractivity contribution >= 4 is 0 Å². The highest BCUT2D eigenvalue weighted by atomic mass is 16.5. The van der Waals surface area contributed by atoms with Gasteiger partial charge in [-0.2, -0.15) is 4.98 Å². The molecule has 1 aromatic rings. The van der Waals surface area contributed by atoms with Crippen LogP contribution in [-0.2, 0) is 6.42 Å². The predicted molar refractivity (Wildman–Crippen MR) is 83.1 cm³/mol. The number of rotatable bonds is 4. The number of nitrogens with zero attached hydrogens (tertiary/aromatic N) is 2. The summed E-state index contributed by atoms with van der Waals surface area (Å²) in [6.45, 7) is 6.98. The lowest BCUT2D eigenvalue weighted by molar-refractivity contribution is 0.256. The summed E-state index contributed by atoms with van der Waals surface area (Å²) in [5, 5.41) is 7.76. The van der Waals surface area contributed by atoms with Crippen LogP contribution in [0.2, 0.25) is 0 Å². The van der Waals surface area contributed by atoms with Gasteiger partial charge in [0, 0.05) is 12.3 Å². The maximum Gasteiger partial charge on any atom is 0.226 e. The van der Waals surface area contributed by atoms with Gasteiger partial charge in [-0.3, -0.25) is 0 Å². The van der Waals surface area contributed by atoms with Crippen LogP contribution in [0.5, 0.6) is 0 Å². The van der Waals surface area contributed by atoms with Crippen LogP contribution in [0, 0.1) is 17.8 Å². The molecule has 21 heavy (non-hydrogen) atoms. The van der Waals surface area contributed by atoms with Crippen LogP contribution in [0.3, 0.4) is 0 Å². The van der Waals surface area contributed by atoms with E-state index in [0.29, 0.717) is 11.8 Å². The van der Waals surface area contributed by atoms with Crippen LogP contribution < -0.4 is 5.32 Å². The largest absolute Gasteiger partial charge is 0.339 e. The number of aromatic nitrogens is 2. The highest BCUT2D eigenvalue weighted by molar-refractivity contribution is 4.98. The molecule has 0 bridgehead atoms. The van der Waals surface area contributed by atoms with Crippen molar-refractivity contribution in [1.29, 1.82) is 0 Å². The first-order valence-electron chi connectivity index (χ1n) is 8.75.